The predicted molar refractivity (Wildman–Crippen MR) is 95.2 cm³/mol. The Kier molecular flexibility index (Phi) is 4.69. The summed E-state index contributed by atoms with van der Waals surface area (Å²) in [4.78, 5) is 14.9. The van der Waals surface area contributed by atoms with Gasteiger partial charge in [0.25, 0.3) is 0 Å². The van der Waals surface area contributed by atoms with E-state index in [9.17, 15) is 9.90 Å². The van der Waals surface area contributed by atoms with E-state index in [0.717, 1.165) is 17.7 Å². The zero-order valence-corrected chi connectivity index (χ0v) is 15.3. The third-order valence-electron chi connectivity index (χ3n) is 5.23. The maximum atomic E-state index is 13.2. The molecule has 0 unspecified atom stereocenters. The quantitative estimate of drug-likeness (QED) is 0.927. The molecule has 2 heterocycles. The lowest BCUT2D eigenvalue weighted by Gasteiger charge is -2.29. The number of rotatable bonds is 4. The maximum absolute atomic E-state index is 13.2. The number of aromatic nitrogens is 1. The van der Waals surface area contributed by atoms with Gasteiger partial charge in [-0.1, -0.05) is 35.5 Å². The molecule has 2 aromatic rings. The first-order valence-corrected chi connectivity index (χ1v) is 8.75. The van der Waals surface area contributed by atoms with Crippen molar-refractivity contribution in [3.8, 4) is 0 Å². The number of aryl methyl sites for hydroxylation is 2. The van der Waals surface area contributed by atoms with Gasteiger partial charge in [-0.3, -0.25) is 4.79 Å². The van der Waals surface area contributed by atoms with Gasteiger partial charge in [-0.25, -0.2) is 0 Å². The van der Waals surface area contributed by atoms with Crippen LogP contribution in [0.25, 0.3) is 0 Å². The summed E-state index contributed by atoms with van der Waals surface area (Å²) in [6, 6.07) is 10.1. The second-order valence-electron chi connectivity index (χ2n) is 7.55. The number of hydrogen-bond donors (Lipinski definition) is 1. The molecule has 1 amide bonds. The maximum Gasteiger partial charge on any atom is 0.232 e. The van der Waals surface area contributed by atoms with Gasteiger partial charge in [0.05, 0.1) is 17.2 Å². The highest BCUT2D eigenvalue weighted by Gasteiger charge is 2.42. The second-order valence-corrected chi connectivity index (χ2v) is 7.55. The molecule has 5 heteroatoms. The first-order valence-electron chi connectivity index (χ1n) is 8.75. The number of aliphatic hydroxyl groups excluding tert-OH is 1. The Morgan fingerprint density at radius 2 is 1.96 bits per heavy atom. The van der Waals surface area contributed by atoms with Crippen molar-refractivity contribution in [2.75, 3.05) is 13.1 Å². The number of nitrogens with zero attached hydrogens (tertiary/aromatic N) is 2. The number of carbonyl (C=O) groups is 1. The Bertz CT molecular complexity index is 732. The Labute approximate surface area is 148 Å². The van der Waals surface area contributed by atoms with Crippen molar-refractivity contribution in [2.24, 2.45) is 5.92 Å². The van der Waals surface area contributed by atoms with Gasteiger partial charge >= 0.3 is 0 Å². The van der Waals surface area contributed by atoms with E-state index in [-0.39, 0.29) is 11.8 Å². The van der Waals surface area contributed by atoms with Gasteiger partial charge in [-0.05, 0) is 39.7 Å². The molecule has 1 saturated heterocycles. The third-order valence-corrected chi connectivity index (χ3v) is 5.23. The number of aliphatic hydroxyl groups is 1. The molecule has 1 aromatic carbocycles. The van der Waals surface area contributed by atoms with Crippen molar-refractivity contribution in [3.05, 3.63) is 52.9 Å². The molecule has 134 valence electrons. The summed E-state index contributed by atoms with van der Waals surface area (Å²) < 4.78 is 5.25. The zero-order valence-electron chi connectivity index (χ0n) is 15.3. The summed E-state index contributed by atoms with van der Waals surface area (Å²) in [5.41, 5.74) is 2.05. The first kappa shape index (κ1) is 17.7. The fraction of sp³-hybridized carbons (Fsp3) is 0.500. The molecule has 0 radical (unpaired) electrons. The molecule has 0 bridgehead atoms. The summed E-state index contributed by atoms with van der Waals surface area (Å²) in [5.74, 6) is 0.750. The van der Waals surface area contributed by atoms with Crippen LogP contribution >= 0.6 is 0 Å². The van der Waals surface area contributed by atoms with Gasteiger partial charge in [0.15, 0.2) is 0 Å². The van der Waals surface area contributed by atoms with Gasteiger partial charge in [0.1, 0.15) is 5.76 Å². The SMILES string of the molecule is Cc1noc(C)c1C(C)(C)C(=O)N1C[C@@H](Cc2ccccc2)[C@H](O)C1. The highest BCUT2D eigenvalue weighted by Crippen LogP contribution is 2.33. The Hall–Kier alpha value is -2.14. The minimum absolute atomic E-state index is 0.0107. The lowest BCUT2D eigenvalue weighted by Crippen LogP contribution is -2.43. The number of likely N-dealkylation sites (tertiary alicyclic amines) is 1. The first-order chi connectivity index (χ1) is 11.8. The fourth-order valence-electron chi connectivity index (χ4n) is 4.01. The third kappa shape index (κ3) is 3.33. The number of hydrogen-bond acceptors (Lipinski definition) is 4. The van der Waals surface area contributed by atoms with E-state index in [2.05, 4.69) is 17.3 Å². The Morgan fingerprint density at radius 3 is 2.56 bits per heavy atom. The Morgan fingerprint density at radius 1 is 1.28 bits per heavy atom. The van der Waals surface area contributed by atoms with E-state index in [1.54, 1.807) is 4.90 Å². The average molecular weight is 342 g/mol. The summed E-state index contributed by atoms with van der Waals surface area (Å²) in [7, 11) is 0. The normalized spacial score (nSPS) is 20.9. The van der Waals surface area contributed by atoms with E-state index in [0.29, 0.717) is 18.8 Å². The van der Waals surface area contributed by atoms with Gasteiger partial charge < -0.3 is 14.5 Å². The minimum Gasteiger partial charge on any atom is -0.391 e. The molecule has 0 spiro atoms. The van der Waals surface area contributed by atoms with Crippen LogP contribution in [0.1, 0.15) is 36.4 Å². The molecule has 1 aromatic heterocycles. The zero-order chi connectivity index (χ0) is 18.2. The molecule has 2 atom stereocenters. The molecule has 3 rings (SSSR count). The number of carbonyl (C=O) groups excluding carboxylic acids is 1. The second kappa shape index (κ2) is 6.64. The van der Waals surface area contributed by atoms with E-state index in [4.69, 9.17) is 4.52 Å². The van der Waals surface area contributed by atoms with Crippen molar-refractivity contribution in [2.45, 2.75) is 45.6 Å². The van der Waals surface area contributed by atoms with E-state index < -0.39 is 11.5 Å². The monoisotopic (exact) mass is 342 g/mol. The standard InChI is InChI=1S/C20H26N2O3/c1-13-18(14(2)25-21-13)20(3,4)19(24)22-11-16(17(23)12-22)10-15-8-6-5-7-9-15/h5-9,16-17,23H,10-12H2,1-4H3/t16-,17-/m1/s1. The summed E-state index contributed by atoms with van der Waals surface area (Å²) in [6.45, 7) is 8.45. The van der Waals surface area contributed by atoms with Crippen LogP contribution < -0.4 is 0 Å². The van der Waals surface area contributed by atoms with E-state index in [1.807, 2.05) is 45.9 Å². The molecule has 0 aliphatic carbocycles. The smallest absolute Gasteiger partial charge is 0.232 e. The molecule has 0 saturated carbocycles. The lowest BCUT2D eigenvalue weighted by atomic mass is 9.82. The minimum atomic E-state index is -0.727. The summed E-state index contributed by atoms with van der Waals surface area (Å²) in [5, 5.41) is 14.4. The van der Waals surface area contributed by atoms with Crippen molar-refractivity contribution in [1.29, 1.82) is 0 Å². The summed E-state index contributed by atoms with van der Waals surface area (Å²) in [6.07, 6.45) is 0.280. The van der Waals surface area contributed by atoms with Crippen molar-refractivity contribution in [1.82, 2.24) is 10.1 Å². The van der Waals surface area contributed by atoms with Crippen molar-refractivity contribution >= 4 is 5.91 Å². The molecular weight excluding hydrogens is 316 g/mol. The van der Waals surface area contributed by atoms with E-state index in [1.165, 1.54) is 5.56 Å². The van der Waals surface area contributed by atoms with Gasteiger partial charge in [-0.2, -0.15) is 0 Å². The van der Waals surface area contributed by atoms with Crippen LogP contribution in [-0.4, -0.2) is 40.3 Å². The van der Waals surface area contributed by atoms with Crippen LogP contribution in [-0.2, 0) is 16.6 Å². The van der Waals surface area contributed by atoms with E-state index >= 15 is 0 Å². The van der Waals surface area contributed by atoms with Crippen molar-refractivity contribution < 1.29 is 14.4 Å². The lowest BCUT2D eigenvalue weighted by molar-refractivity contribution is -0.135. The topological polar surface area (TPSA) is 66.6 Å². The van der Waals surface area contributed by atoms with Gasteiger partial charge in [-0.15, -0.1) is 0 Å². The predicted octanol–water partition coefficient (Wildman–Crippen LogP) is 2.63. The molecular formula is C20H26N2O3. The van der Waals surface area contributed by atoms with Crippen LogP contribution in [0.3, 0.4) is 0 Å². The molecule has 1 aliphatic rings. The Balaban J connectivity index is 1.75. The molecule has 1 N–H and O–H groups in total. The van der Waals surface area contributed by atoms with Crippen LogP contribution in [0.4, 0.5) is 0 Å². The number of β-amino-alcohol motifs (C(OH)–C–C–N with tert-alkyl or cyclic N) is 1. The number of benzene rings is 1. The van der Waals surface area contributed by atoms with Crippen molar-refractivity contribution in [3.63, 3.8) is 0 Å². The van der Waals surface area contributed by atoms with Crippen LogP contribution in [0, 0.1) is 19.8 Å². The average Bonchev–Trinajstić information content (AvgIpc) is 3.10. The molecule has 1 aliphatic heterocycles. The highest BCUT2D eigenvalue weighted by atomic mass is 16.5. The molecule has 5 nitrogen and oxygen atoms in total. The summed E-state index contributed by atoms with van der Waals surface area (Å²) >= 11 is 0. The molecule has 25 heavy (non-hydrogen) atoms. The molecule has 1 fully saturated rings. The number of amides is 1. The van der Waals surface area contributed by atoms with Crippen LogP contribution in [0.2, 0.25) is 0 Å². The van der Waals surface area contributed by atoms with Crippen LogP contribution in [0.15, 0.2) is 34.9 Å². The fourth-order valence-corrected chi connectivity index (χ4v) is 4.01. The largest absolute Gasteiger partial charge is 0.391 e. The highest BCUT2D eigenvalue weighted by molar-refractivity contribution is 5.88. The van der Waals surface area contributed by atoms with Gasteiger partial charge in [0.2, 0.25) is 5.91 Å². The van der Waals surface area contributed by atoms with Gasteiger partial charge in [0, 0.05) is 24.6 Å². The van der Waals surface area contributed by atoms with Crippen LogP contribution in [0.5, 0.6) is 0 Å².